The Balaban J connectivity index is 1.38. The Kier molecular flexibility index (Phi) is 6.76. The van der Waals surface area contributed by atoms with Gasteiger partial charge < -0.3 is 10.2 Å². The maximum absolute atomic E-state index is 13.6. The van der Waals surface area contributed by atoms with E-state index >= 15 is 0 Å². The molecule has 200 valence electrons. The van der Waals surface area contributed by atoms with Crippen LogP contribution < -0.4 is 5.32 Å². The first-order chi connectivity index (χ1) is 17.9. The Morgan fingerprint density at radius 1 is 1.13 bits per heavy atom. The van der Waals surface area contributed by atoms with Crippen LogP contribution in [0.2, 0.25) is 0 Å². The molecule has 5 rings (SSSR count). The van der Waals surface area contributed by atoms with Crippen molar-refractivity contribution in [3.63, 3.8) is 0 Å². The van der Waals surface area contributed by atoms with Gasteiger partial charge in [0.25, 0.3) is 5.91 Å². The van der Waals surface area contributed by atoms with Gasteiger partial charge in [-0.15, -0.1) is 0 Å². The van der Waals surface area contributed by atoms with Crippen LogP contribution in [0.15, 0.2) is 52.5 Å². The van der Waals surface area contributed by atoms with Gasteiger partial charge in [0.2, 0.25) is 0 Å². The summed E-state index contributed by atoms with van der Waals surface area (Å²) in [5, 5.41) is 8.66. The number of nitrogens with one attached hydrogen (secondary N) is 1. The van der Waals surface area contributed by atoms with Crippen LogP contribution in [0.1, 0.15) is 28.7 Å². The summed E-state index contributed by atoms with van der Waals surface area (Å²) < 4.78 is 80.9. The van der Waals surface area contributed by atoms with Crippen molar-refractivity contribution in [2.75, 3.05) is 20.1 Å². The zero-order chi connectivity index (χ0) is 27.2. The zero-order valence-electron chi connectivity index (χ0n) is 19.9. The lowest BCUT2D eigenvalue weighted by atomic mass is 10.0. The smallest absolute Gasteiger partial charge is 0.350 e. The topological polar surface area (TPSA) is 62.5 Å². The van der Waals surface area contributed by atoms with Gasteiger partial charge in [0.05, 0.1) is 34.3 Å². The van der Waals surface area contributed by atoms with Crippen molar-refractivity contribution in [3.8, 4) is 0 Å². The lowest BCUT2D eigenvalue weighted by Gasteiger charge is -2.24. The average Bonchev–Trinajstić information content (AvgIpc) is 3.59. The second-order valence-electron chi connectivity index (χ2n) is 9.06. The highest BCUT2D eigenvalue weighted by Crippen LogP contribution is 2.38. The van der Waals surface area contributed by atoms with E-state index < -0.39 is 23.5 Å². The lowest BCUT2D eigenvalue weighted by Crippen LogP contribution is -2.36. The van der Waals surface area contributed by atoms with Crippen LogP contribution in [0.4, 0.5) is 26.3 Å². The van der Waals surface area contributed by atoms with Crippen molar-refractivity contribution in [1.29, 1.82) is 0 Å². The van der Waals surface area contributed by atoms with Gasteiger partial charge in [-0.3, -0.25) is 9.48 Å². The molecule has 1 amide bonds. The van der Waals surface area contributed by atoms with Crippen LogP contribution in [0.25, 0.3) is 17.0 Å². The van der Waals surface area contributed by atoms with E-state index in [-0.39, 0.29) is 30.1 Å². The first-order valence-corrected chi connectivity index (χ1v) is 12.4. The summed E-state index contributed by atoms with van der Waals surface area (Å²) in [6.45, 7) is 1.36. The van der Waals surface area contributed by atoms with Gasteiger partial charge in [0, 0.05) is 25.0 Å². The molecule has 0 aliphatic carbocycles. The van der Waals surface area contributed by atoms with E-state index in [2.05, 4.69) is 15.4 Å². The van der Waals surface area contributed by atoms with Crippen molar-refractivity contribution in [2.24, 2.45) is 4.99 Å². The minimum atomic E-state index is -4.96. The van der Waals surface area contributed by atoms with Crippen molar-refractivity contribution in [3.05, 3.63) is 69.8 Å². The van der Waals surface area contributed by atoms with E-state index in [1.54, 1.807) is 24.3 Å². The number of hydrogen-bond acceptors (Lipinski definition) is 5. The van der Waals surface area contributed by atoms with Crippen LogP contribution >= 0.6 is 11.8 Å². The second-order valence-corrected chi connectivity index (χ2v) is 10.1. The summed E-state index contributed by atoms with van der Waals surface area (Å²) in [6.07, 6.45) is -5.75. The Morgan fingerprint density at radius 3 is 2.61 bits per heavy atom. The van der Waals surface area contributed by atoms with E-state index in [1.165, 1.54) is 22.6 Å². The number of hydrogen-bond donors (Lipinski definition) is 1. The minimum absolute atomic E-state index is 0.124. The van der Waals surface area contributed by atoms with Crippen LogP contribution in [-0.4, -0.2) is 51.9 Å². The van der Waals surface area contributed by atoms with Crippen molar-refractivity contribution >= 4 is 39.8 Å². The number of halogens is 6. The standard InChI is InChI=1S/C25H21F6N5OS/c1-35(18-6-7-32-12-18)23-34-22(37)21(38-23)9-14-2-5-20-16(8-14)11-33-36(20)13-15-3-4-17(24(26,27)28)10-19(15)25(29,30)31/h2-5,8-11,18,32H,6-7,12-13H2,1H3. The van der Waals surface area contributed by atoms with Gasteiger partial charge >= 0.3 is 12.4 Å². The van der Waals surface area contributed by atoms with Crippen molar-refractivity contribution in [2.45, 2.75) is 31.4 Å². The largest absolute Gasteiger partial charge is 0.416 e. The van der Waals surface area contributed by atoms with Gasteiger partial charge in [-0.2, -0.15) is 36.4 Å². The minimum Gasteiger partial charge on any atom is -0.350 e. The molecule has 1 fully saturated rings. The summed E-state index contributed by atoms with van der Waals surface area (Å²) in [4.78, 5) is 19.1. The highest BCUT2D eigenvalue weighted by atomic mass is 32.2. The Hall–Kier alpha value is -3.32. The SMILES string of the molecule is CN(C1=NC(=O)C(=Cc2ccc3c(cnn3Cc3ccc(C(F)(F)F)cc3C(F)(F)F)c2)S1)C1CCNC1. The quantitative estimate of drug-likeness (QED) is 0.347. The Labute approximate surface area is 217 Å². The molecular formula is C25H21F6N5OS. The predicted octanol–water partition coefficient (Wildman–Crippen LogP) is 5.39. The van der Waals surface area contributed by atoms with Crippen LogP contribution in [0, 0.1) is 0 Å². The number of carbonyl (C=O) groups is 1. The number of aromatic nitrogens is 2. The molecule has 6 nitrogen and oxygen atoms in total. The molecular weight excluding hydrogens is 532 g/mol. The molecule has 1 unspecified atom stereocenters. The molecule has 0 spiro atoms. The second kappa shape index (κ2) is 9.77. The Morgan fingerprint density at radius 2 is 1.92 bits per heavy atom. The number of aliphatic imine (C=N–C) groups is 1. The number of alkyl halides is 6. The third-order valence-corrected chi connectivity index (χ3v) is 7.59. The monoisotopic (exact) mass is 553 g/mol. The van der Waals surface area contributed by atoms with Gasteiger partial charge in [0.15, 0.2) is 5.17 Å². The van der Waals surface area contributed by atoms with E-state index in [0.717, 1.165) is 25.6 Å². The van der Waals surface area contributed by atoms with Crippen molar-refractivity contribution < 1.29 is 31.1 Å². The first-order valence-electron chi connectivity index (χ1n) is 11.6. The fourth-order valence-electron chi connectivity index (χ4n) is 4.46. The summed E-state index contributed by atoms with van der Waals surface area (Å²) in [7, 11) is 1.90. The number of fused-ring (bicyclic) bond motifs is 1. The van der Waals surface area contributed by atoms with Gasteiger partial charge in [-0.25, -0.2) is 0 Å². The molecule has 2 aliphatic heterocycles. The summed E-state index contributed by atoms with van der Waals surface area (Å²) in [5.74, 6) is -0.347. The number of carbonyl (C=O) groups excluding carboxylic acids is 1. The molecule has 1 saturated heterocycles. The molecule has 1 atom stereocenters. The highest BCUT2D eigenvalue weighted by molar-refractivity contribution is 8.18. The fourth-order valence-corrected chi connectivity index (χ4v) is 5.41. The molecule has 1 aromatic heterocycles. The molecule has 1 N–H and O–H groups in total. The predicted molar refractivity (Wildman–Crippen MR) is 132 cm³/mol. The summed E-state index contributed by atoms with van der Waals surface area (Å²) in [6, 6.07) is 6.93. The normalized spacial score (nSPS) is 19.6. The van der Waals surface area contributed by atoms with E-state index in [0.29, 0.717) is 32.6 Å². The van der Waals surface area contributed by atoms with Crippen LogP contribution in [-0.2, 0) is 23.7 Å². The van der Waals surface area contributed by atoms with Crippen molar-refractivity contribution in [1.82, 2.24) is 20.0 Å². The van der Waals surface area contributed by atoms with Gasteiger partial charge in [-0.05, 0) is 66.2 Å². The maximum Gasteiger partial charge on any atom is 0.416 e. The van der Waals surface area contributed by atoms with Crippen LogP contribution in [0.5, 0.6) is 0 Å². The van der Waals surface area contributed by atoms with E-state index in [1.807, 2.05) is 11.9 Å². The molecule has 2 aromatic carbocycles. The van der Waals surface area contributed by atoms with E-state index in [9.17, 15) is 31.1 Å². The molecule has 0 saturated carbocycles. The zero-order valence-corrected chi connectivity index (χ0v) is 20.7. The third kappa shape index (κ3) is 5.30. The van der Waals surface area contributed by atoms with Crippen LogP contribution in [0.3, 0.4) is 0 Å². The number of benzene rings is 2. The van der Waals surface area contributed by atoms with E-state index in [4.69, 9.17) is 0 Å². The molecule has 2 aliphatic rings. The number of rotatable bonds is 4. The third-order valence-electron chi connectivity index (χ3n) is 6.52. The number of thioether (sulfide) groups is 1. The fraction of sp³-hybridized carbons (Fsp3) is 0.320. The molecule has 38 heavy (non-hydrogen) atoms. The number of amides is 1. The number of amidine groups is 1. The number of nitrogens with zero attached hydrogens (tertiary/aromatic N) is 4. The maximum atomic E-state index is 13.6. The molecule has 13 heteroatoms. The molecule has 0 bridgehead atoms. The average molecular weight is 554 g/mol. The molecule has 0 radical (unpaired) electrons. The molecule has 3 heterocycles. The van der Waals surface area contributed by atoms with Gasteiger partial charge in [0.1, 0.15) is 0 Å². The number of likely N-dealkylation sites (N-methyl/N-ethyl adjacent to an activating group) is 1. The Bertz CT molecular complexity index is 1450. The molecule has 3 aromatic rings. The first kappa shape index (κ1) is 26.3. The van der Waals surface area contributed by atoms with Gasteiger partial charge in [-0.1, -0.05) is 12.1 Å². The summed E-state index contributed by atoms with van der Waals surface area (Å²) >= 11 is 1.28. The highest BCUT2D eigenvalue weighted by Gasteiger charge is 2.38. The summed E-state index contributed by atoms with van der Waals surface area (Å²) in [5.41, 5.74) is -1.88. The lowest BCUT2D eigenvalue weighted by molar-refractivity contribution is -0.143.